The average Bonchev–Trinajstić information content (AvgIpc) is 2.95. The lowest BCUT2D eigenvalue weighted by Crippen LogP contribution is -2.31. The SMILES string of the molecule is Cc1ccc(CN(CCCOc2ccc(CCC(N)=O)cc2)CC(c2ccccc2)c2ccccc2)c(C)c1. The Bertz CT molecular complexity index is 1260. The first kappa shape index (κ1) is 28.1. The predicted molar refractivity (Wildman–Crippen MR) is 160 cm³/mol. The van der Waals surface area contributed by atoms with Crippen molar-refractivity contribution in [3.05, 3.63) is 137 Å². The fraction of sp³-hybridized carbons (Fsp3) is 0.286. The van der Waals surface area contributed by atoms with Crippen molar-refractivity contribution < 1.29 is 9.53 Å². The van der Waals surface area contributed by atoms with E-state index in [2.05, 4.69) is 97.6 Å². The highest BCUT2D eigenvalue weighted by molar-refractivity contribution is 5.74. The number of ether oxygens (including phenoxy) is 1. The van der Waals surface area contributed by atoms with E-state index < -0.39 is 0 Å². The Hall–Kier alpha value is -3.89. The van der Waals surface area contributed by atoms with Gasteiger partial charge in [-0.3, -0.25) is 9.69 Å². The van der Waals surface area contributed by atoms with E-state index >= 15 is 0 Å². The average molecular weight is 521 g/mol. The van der Waals surface area contributed by atoms with Crippen LogP contribution in [0.15, 0.2) is 103 Å². The van der Waals surface area contributed by atoms with Crippen molar-refractivity contribution in [3.8, 4) is 5.75 Å². The van der Waals surface area contributed by atoms with Crippen molar-refractivity contribution >= 4 is 5.91 Å². The molecule has 0 aliphatic heterocycles. The summed E-state index contributed by atoms with van der Waals surface area (Å²) in [5.74, 6) is 0.861. The minimum atomic E-state index is -0.275. The van der Waals surface area contributed by atoms with Crippen LogP contribution in [-0.2, 0) is 17.8 Å². The molecule has 202 valence electrons. The van der Waals surface area contributed by atoms with Gasteiger partial charge in [-0.2, -0.15) is 0 Å². The van der Waals surface area contributed by atoms with Crippen molar-refractivity contribution in [3.63, 3.8) is 0 Å². The predicted octanol–water partition coefficient (Wildman–Crippen LogP) is 6.82. The third-order valence-corrected chi connectivity index (χ3v) is 7.21. The minimum Gasteiger partial charge on any atom is -0.494 e. The topological polar surface area (TPSA) is 55.6 Å². The Morgan fingerprint density at radius 2 is 1.49 bits per heavy atom. The maximum atomic E-state index is 11.0. The lowest BCUT2D eigenvalue weighted by Gasteiger charge is -2.29. The van der Waals surface area contributed by atoms with Crippen molar-refractivity contribution in [2.24, 2.45) is 5.73 Å². The lowest BCUT2D eigenvalue weighted by atomic mass is 9.90. The van der Waals surface area contributed by atoms with E-state index in [9.17, 15) is 4.79 Å². The number of benzene rings is 4. The van der Waals surface area contributed by atoms with Gasteiger partial charge in [0.25, 0.3) is 0 Å². The molecule has 4 heteroatoms. The Morgan fingerprint density at radius 1 is 0.846 bits per heavy atom. The molecule has 4 rings (SSSR count). The van der Waals surface area contributed by atoms with E-state index in [0.717, 1.165) is 37.4 Å². The number of nitrogens with two attached hydrogens (primary N) is 1. The van der Waals surface area contributed by atoms with Crippen molar-refractivity contribution in [1.82, 2.24) is 4.90 Å². The lowest BCUT2D eigenvalue weighted by molar-refractivity contribution is -0.117. The molecule has 0 heterocycles. The van der Waals surface area contributed by atoms with Crippen LogP contribution in [0.5, 0.6) is 5.75 Å². The normalized spacial score (nSPS) is 11.2. The van der Waals surface area contributed by atoms with Crippen LogP contribution in [0.2, 0.25) is 0 Å². The van der Waals surface area contributed by atoms with E-state index in [1.165, 1.54) is 27.8 Å². The highest BCUT2D eigenvalue weighted by Gasteiger charge is 2.19. The zero-order chi connectivity index (χ0) is 27.5. The van der Waals surface area contributed by atoms with Gasteiger partial charge in [0.05, 0.1) is 6.61 Å². The molecule has 0 aromatic heterocycles. The largest absolute Gasteiger partial charge is 0.494 e. The number of hydrogen-bond donors (Lipinski definition) is 1. The van der Waals surface area contributed by atoms with Crippen LogP contribution in [0.4, 0.5) is 0 Å². The van der Waals surface area contributed by atoms with Gasteiger partial charge in [0.2, 0.25) is 5.91 Å². The smallest absolute Gasteiger partial charge is 0.217 e. The summed E-state index contributed by atoms with van der Waals surface area (Å²) in [5.41, 5.74) is 13.0. The van der Waals surface area contributed by atoms with Crippen LogP contribution < -0.4 is 10.5 Å². The fourth-order valence-corrected chi connectivity index (χ4v) is 5.03. The number of aryl methyl sites for hydroxylation is 3. The monoisotopic (exact) mass is 520 g/mol. The molecular formula is C35H40N2O2. The van der Waals surface area contributed by atoms with Crippen LogP contribution in [0.3, 0.4) is 0 Å². The van der Waals surface area contributed by atoms with Gasteiger partial charge >= 0.3 is 0 Å². The first-order valence-corrected chi connectivity index (χ1v) is 13.9. The third kappa shape index (κ3) is 8.83. The number of hydrogen-bond acceptors (Lipinski definition) is 3. The molecule has 39 heavy (non-hydrogen) atoms. The Morgan fingerprint density at radius 3 is 2.08 bits per heavy atom. The number of amides is 1. The Balaban J connectivity index is 1.44. The molecule has 0 radical (unpaired) electrons. The fourth-order valence-electron chi connectivity index (χ4n) is 5.03. The number of rotatable bonds is 14. The summed E-state index contributed by atoms with van der Waals surface area (Å²) in [6.45, 7) is 7.76. The molecule has 0 spiro atoms. The van der Waals surface area contributed by atoms with Gasteiger partial charge in [0.15, 0.2) is 0 Å². The van der Waals surface area contributed by atoms with Crippen LogP contribution >= 0.6 is 0 Å². The summed E-state index contributed by atoms with van der Waals surface area (Å²) in [6.07, 6.45) is 1.95. The molecule has 0 aliphatic rings. The molecular weight excluding hydrogens is 480 g/mol. The van der Waals surface area contributed by atoms with Crippen molar-refractivity contribution in [1.29, 1.82) is 0 Å². The molecule has 0 aliphatic carbocycles. The van der Waals surface area contributed by atoms with Gasteiger partial charge in [0.1, 0.15) is 5.75 Å². The first-order valence-electron chi connectivity index (χ1n) is 13.9. The molecule has 1 amide bonds. The summed E-state index contributed by atoms with van der Waals surface area (Å²) in [6, 6.07) is 36.4. The summed E-state index contributed by atoms with van der Waals surface area (Å²) in [5, 5.41) is 0. The third-order valence-electron chi connectivity index (χ3n) is 7.21. The highest BCUT2D eigenvalue weighted by atomic mass is 16.5. The Kier molecular flexibility index (Phi) is 10.3. The van der Waals surface area contributed by atoms with Gasteiger partial charge in [-0.1, -0.05) is 96.6 Å². The molecule has 0 saturated carbocycles. The highest BCUT2D eigenvalue weighted by Crippen LogP contribution is 2.27. The van der Waals surface area contributed by atoms with Crippen molar-refractivity contribution in [2.45, 2.75) is 45.6 Å². The van der Waals surface area contributed by atoms with E-state index in [4.69, 9.17) is 10.5 Å². The summed E-state index contributed by atoms with van der Waals surface area (Å²) >= 11 is 0. The van der Waals surface area contributed by atoms with Gasteiger partial charge in [0, 0.05) is 32.0 Å². The molecule has 4 aromatic rings. The van der Waals surface area contributed by atoms with Gasteiger partial charge in [-0.25, -0.2) is 0 Å². The molecule has 4 nitrogen and oxygen atoms in total. The molecule has 0 atom stereocenters. The van der Waals surface area contributed by atoms with Crippen molar-refractivity contribution in [2.75, 3.05) is 19.7 Å². The van der Waals surface area contributed by atoms with Gasteiger partial charge < -0.3 is 10.5 Å². The number of primary amides is 1. The zero-order valence-electron chi connectivity index (χ0n) is 23.2. The second kappa shape index (κ2) is 14.3. The van der Waals surface area contributed by atoms with E-state index in [1.54, 1.807) is 0 Å². The zero-order valence-corrected chi connectivity index (χ0v) is 23.2. The number of nitrogens with zero attached hydrogens (tertiary/aromatic N) is 1. The molecule has 0 fully saturated rings. The second-order valence-electron chi connectivity index (χ2n) is 10.4. The van der Waals surface area contributed by atoms with Crippen LogP contribution in [0.1, 0.15) is 52.1 Å². The Labute approximate surface area is 233 Å². The van der Waals surface area contributed by atoms with Gasteiger partial charge in [-0.15, -0.1) is 0 Å². The van der Waals surface area contributed by atoms with Crippen LogP contribution in [0.25, 0.3) is 0 Å². The molecule has 4 aromatic carbocycles. The van der Waals surface area contributed by atoms with E-state index in [-0.39, 0.29) is 11.8 Å². The number of carbonyl (C=O) groups excluding carboxylic acids is 1. The summed E-state index contributed by atoms with van der Waals surface area (Å²) in [7, 11) is 0. The quantitative estimate of drug-likeness (QED) is 0.186. The van der Waals surface area contributed by atoms with E-state index in [1.807, 2.05) is 24.3 Å². The molecule has 0 bridgehead atoms. The standard InChI is InChI=1S/C35H40N2O2/c1-27-14-18-32(28(2)24-27)25-37(22-9-23-39-33-19-15-29(16-20-33)17-21-35(36)38)26-34(30-10-5-3-6-11-30)31-12-7-4-8-13-31/h3-8,10-16,18-20,24,34H,9,17,21-23,25-26H2,1-2H3,(H2,36,38). The number of carbonyl (C=O) groups is 1. The maximum absolute atomic E-state index is 11.0. The molecule has 2 N–H and O–H groups in total. The van der Waals surface area contributed by atoms with Crippen LogP contribution in [0, 0.1) is 13.8 Å². The molecule has 0 saturated heterocycles. The maximum Gasteiger partial charge on any atom is 0.217 e. The second-order valence-corrected chi connectivity index (χ2v) is 10.4. The van der Waals surface area contributed by atoms with Crippen LogP contribution in [-0.4, -0.2) is 30.5 Å². The first-order chi connectivity index (χ1) is 19.0. The van der Waals surface area contributed by atoms with E-state index in [0.29, 0.717) is 19.4 Å². The molecule has 0 unspecified atom stereocenters. The minimum absolute atomic E-state index is 0.275. The summed E-state index contributed by atoms with van der Waals surface area (Å²) in [4.78, 5) is 13.6. The summed E-state index contributed by atoms with van der Waals surface area (Å²) < 4.78 is 6.08. The van der Waals surface area contributed by atoms with Gasteiger partial charge in [-0.05, 0) is 66.6 Å².